The first-order chi connectivity index (χ1) is 9.16. The third-order valence-electron chi connectivity index (χ3n) is 3.48. The Kier molecular flexibility index (Phi) is 3.17. The normalized spacial score (nSPS) is 18.8. The van der Waals surface area contributed by atoms with Crippen molar-refractivity contribution in [2.24, 2.45) is 0 Å². The second-order valence-corrected chi connectivity index (χ2v) is 5.11. The molecule has 2 N–H and O–H groups in total. The van der Waals surface area contributed by atoms with E-state index in [-0.39, 0.29) is 16.6 Å². The fraction of sp³-hybridized carbons (Fsp3) is 0.200. The maximum absolute atomic E-state index is 13.9. The molecule has 2 nitrogen and oxygen atoms in total. The zero-order valence-corrected chi connectivity index (χ0v) is 10.9. The van der Waals surface area contributed by atoms with Gasteiger partial charge in [0, 0.05) is 11.3 Å². The van der Waals surface area contributed by atoms with Crippen LogP contribution < -0.4 is 5.32 Å². The van der Waals surface area contributed by atoms with Crippen LogP contribution in [-0.4, -0.2) is 11.1 Å². The van der Waals surface area contributed by atoms with E-state index in [4.69, 9.17) is 11.6 Å². The van der Waals surface area contributed by atoms with E-state index in [1.54, 1.807) is 12.1 Å². The molecule has 2 aromatic rings. The third-order valence-corrected chi connectivity index (χ3v) is 3.77. The van der Waals surface area contributed by atoms with E-state index in [0.717, 1.165) is 11.3 Å². The summed E-state index contributed by atoms with van der Waals surface area (Å²) in [4.78, 5) is 0. The molecule has 0 saturated carbocycles. The molecule has 4 heteroatoms. The molecule has 98 valence electrons. The summed E-state index contributed by atoms with van der Waals surface area (Å²) in [6.45, 7) is 0. The number of anilines is 1. The molecular weight excluding hydrogens is 265 g/mol. The number of nitrogens with one attached hydrogen (secondary N) is 1. The SMILES string of the molecule is OC(c1cccc(Cl)c1F)C1Cc2ccccc2N1. The van der Waals surface area contributed by atoms with Gasteiger partial charge in [0.15, 0.2) is 0 Å². The number of hydrogen-bond acceptors (Lipinski definition) is 2. The van der Waals surface area contributed by atoms with Crippen LogP contribution in [0.15, 0.2) is 42.5 Å². The standard InChI is InChI=1S/C15H13ClFNO/c16-11-6-3-5-10(14(11)17)15(19)13-8-9-4-1-2-7-12(9)18-13/h1-7,13,15,18-19H,8H2. The molecule has 19 heavy (non-hydrogen) atoms. The number of benzene rings is 2. The molecule has 0 spiro atoms. The summed E-state index contributed by atoms with van der Waals surface area (Å²) < 4.78 is 13.9. The van der Waals surface area contributed by atoms with Gasteiger partial charge >= 0.3 is 0 Å². The molecule has 2 unspecified atom stereocenters. The van der Waals surface area contributed by atoms with Crippen molar-refractivity contribution < 1.29 is 9.50 Å². The van der Waals surface area contributed by atoms with Gasteiger partial charge in [-0.05, 0) is 24.1 Å². The predicted octanol–water partition coefficient (Wildman–Crippen LogP) is 3.55. The Morgan fingerprint density at radius 1 is 1.21 bits per heavy atom. The number of fused-ring (bicyclic) bond motifs is 1. The van der Waals surface area contributed by atoms with E-state index < -0.39 is 11.9 Å². The van der Waals surface area contributed by atoms with Crippen LogP contribution in [0.4, 0.5) is 10.1 Å². The Hall–Kier alpha value is -1.58. The third kappa shape index (κ3) is 2.20. The second-order valence-electron chi connectivity index (χ2n) is 4.70. The summed E-state index contributed by atoms with van der Waals surface area (Å²) in [6.07, 6.45) is -0.255. The highest BCUT2D eigenvalue weighted by Gasteiger charge is 2.29. The van der Waals surface area contributed by atoms with Crippen LogP contribution in [0.1, 0.15) is 17.2 Å². The highest BCUT2D eigenvalue weighted by Crippen LogP contribution is 2.33. The van der Waals surface area contributed by atoms with Crippen molar-refractivity contribution in [3.05, 3.63) is 64.4 Å². The van der Waals surface area contributed by atoms with Gasteiger partial charge in [-0.2, -0.15) is 0 Å². The number of aliphatic hydroxyl groups excluding tert-OH is 1. The van der Waals surface area contributed by atoms with Crippen molar-refractivity contribution in [2.75, 3.05) is 5.32 Å². The maximum Gasteiger partial charge on any atom is 0.147 e. The van der Waals surface area contributed by atoms with Gasteiger partial charge in [0.2, 0.25) is 0 Å². The van der Waals surface area contributed by atoms with Gasteiger partial charge in [-0.3, -0.25) is 0 Å². The lowest BCUT2D eigenvalue weighted by Crippen LogP contribution is -2.25. The number of aliphatic hydroxyl groups is 1. The summed E-state index contributed by atoms with van der Waals surface area (Å²) in [5, 5.41) is 13.6. The van der Waals surface area contributed by atoms with Crippen molar-refractivity contribution in [1.82, 2.24) is 0 Å². The van der Waals surface area contributed by atoms with E-state index in [1.807, 2.05) is 24.3 Å². The first kappa shape index (κ1) is 12.5. The van der Waals surface area contributed by atoms with Crippen LogP contribution in [-0.2, 0) is 6.42 Å². The van der Waals surface area contributed by atoms with Gasteiger partial charge in [0.25, 0.3) is 0 Å². The molecule has 2 atom stereocenters. The predicted molar refractivity (Wildman–Crippen MR) is 73.9 cm³/mol. The minimum atomic E-state index is -0.925. The zero-order chi connectivity index (χ0) is 13.4. The lowest BCUT2D eigenvalue weighted by Gasteiger charge is -2.20. The first-order valence-corrected chi connectivity index (χ1v) is 6.51. The second kappa shape index (κ2) is 4.83. The molecular formula is C15H13ClFNO. The van der Waals surface area contributed by atoms with Gasteiger partial charge in [-0.15, -0.1) is 0 Å². The van der Waals surface area contributed by atoms with Crippen LogP contribution in [0, 0.1) is 5.82 Å². The van der Waals surface area contributed by atoms with Gasteiger partial charge in [0.05, 0.1) is 11.1 Å². The maximum atomic E-state index is 13.9. The molecule has 0 saturated heterocycles. The molecule has 1 aliphatic heterocycles. The molecule has 1 heterocycles. The van der Waals surface area contributed by atoms with Gasteiger partial charge in [0.1, 0.15) is 11.9 Å². The fourth-order valence-electron chi connectivity index (χ4n) is 2.48. The average Bonchev–Trinajstić information content (AvgIpc) is 2.85. The first-order valence-electron chi connectivity index (χ1n) is 6.13. The summed E-state index contributed by atoms with van der Waals surface area (Å²) in [7, 11) is 0. The minimum Gasteiger partial charge on any atom is -0.386 e. The smallest absolute Gasteiger partial charge is 0.147 e. The van der Waals surface area contributed by atoms with Crippen molar-refractivity contribution >= 4 is 17.3 Å². The van der Waals surface area contributed by atoms with Crippen molar-refractivity contribution in [1.29, 1.82) is 0 Å². The highest BCUT2D eigenvalue weighted by molar-refractivity contribution is 6.30. The number of halogens is 2. The van der Waals surface area contributed by atoms with E-state index in [9.17, 15) is 9.50 Å². The van der Waals surface area contributed by atoms with Crippen LogP contribution in [0.25, 0.3) is 0 Å². The van der Waals surface area contributed by atoms with E-state index in [1.165, 1.54) is 6.07 Å². The monoisotopic (exact) mass is 277 g/mol. The lowest BCUT2D eigenvalue weighted by molar-refractivity contribution is 0.152. The van der Waals surface area contributed by atoms with E-state index in [2.05, 4.69) is 5.32 Å². The Bertz CT molecular complexity index is 592. The van der Waals surface area contributed by atoms with Crippen molar-refractivity contribution in [3.63, 3.8) is 0 Å². The molecule has 2 aromatic carbocycles. The Labute approximate surface area is 115 Å². The average molecular weight is 278 g/mol. The Balaban J connectivity index is 1.87. The summed E-state index contributed by atoms with van der Waals surface area (Å²) >= 11 is 5.75. The molecule has 0 radical (unpaired) electrons. The van der Waals surface area contributed by atoms with Crippen LogP contribution in [0.5, 0.6) is 0 Å². The Morgan fingerprint density at radius 3 is 2.79 bits per heavy atom. The summed E-state index contributed by atoms with van der Waals surface area (Å²) in [6, 6.07) is 12.3. The summed E-state index contributed by atoms with van der Waals surface area (Å²) in [5.41, 5.74) is 2.36. The van der Waals surface area contributed by atoms with Crippen LogP contribution in [0.3, 0.4) is 0 Å². The van der Waals surface area contributed by atoms with Crippen LogP contribution in [0.2, 0.25) is 5.02 Å². The minimum absolute atomic E-state index is 0.0343. The fourth-order valence-corrected chi connectivity index (χ4v) is 2.66. The van der Waals surface area contributed by atoms with E-state index in [0.29, 0.717) is 6.42 Å². The van der Waals surface area contributed by atoms with Crippen molar-refractivity contribution in [2.45, 2.75) is 18.6 Å². The molecule has 3 rings (SSSR count). The zero-order valence-electron chi connectivity index (χ0n) is 10.1. The molecule has 0 aliphatic carbocycles. The van der Waals surface area contributed by atoms with Gasteiger partial charge < -0.3 is 10.4 Å². The molecule has 0 aromatic heterocycles. The van der Waals surface area contributed by atoms with Gasteiger partial charge in [-0.1, -0.05) is 41.9 Å². The molecule has 0 fully saturated rings. The van der Waals surface area contributed by atoms with Gasteiger partial charge in [-0.25, -0.2) is 4.39 Å². The topological polar surface area (TPSA) is 32.3 Å². The lowest BCUT2D eigenvalue weighted by atomic mass is 9.99. The number of hydrogen-bond donors (Lipinski definition) is 2. The largest absolute Gasteiger partial charge is 0.386 e. The Morgan fingerprint density at radius 2 is 2.00 bits per heavy atom. The number of rotatable bonds is 2. The van der Waals surface area contributed by atoms with E-state index >= 15 is 0 Å². The number of para-hydroxylation sites is 1. The van der Waals surface area contributed by atoms with Crippen LogP contribution >= 0.6 is 11.6 Å². The molecule has 0 amide bonds. The van der Waals surface area contributed by atoms with Crippen molar-refractivity contribution in [3.8, 4) is 0 Å². The summed E-state index contributed by atoms with van der Waals surface area (Å²) in [5.74, 6) is -0.547. The quantitative estimate of drug-likeness (QED) is 0.880. The molecule has 1 aliphatic rings. The molecule has 0 bridgehead atoms. The highest BCUT2D eigenvalue weighted by atomic mass is 35.5.